The van der Waals surface area contributed by atoms with Crippen molar-refractivity contribution in [3.63, 3.8) is 0 Å². The van der Waals surface area contributed by atoms with Crippen LogP contribution in [0.5, 0.6) is 5.75 Å². The molecule has 22 heavy (non-hydrogen) atoms. The van der Waals surface area contributed by atoms with E-state index in [-0.39, 0.29) is 24.4 Å². The fourth-order valence-electron chi connectivity index (χ4n) is 2.36. The van der Waals surface area contributed by atoms with Crippen LogP contribution in [0.25, 0.3) is 0 Å². The fraction of sp³-hybridized carbons (Fsp3) is 0.562. The Labute approximate surface area is 138 Å². The second kappa shape index (κ2) is 10.4. The molecule has 1 unspecified atom stereocenters. The van der Waals surface area contributed by atoms with Crippen LogP contribution < -0.4 is 15.8 Å². The molecule has 1 fully saturated rings. The fourth-order valence-corrected chi connectivity index (χ4v) is 2.36. The van der Waals surface area contributed by atoms with Gasteiger partial charge in [0.2, 0.25) is 5.91 Å². The topological polar surface area (TPSA) is 73.6 Å². The SMILES string of the molecule is Cl.NCCOc1ccc(NC(=O)CCC2CCCCO2)cc1. The Morgan fingerprint density at radius 3 is 2.73 bits per heavy atom. The minimum atomic E-state index is 0. The van der Waals surface area contributed by atoms with Crippen molar-refractivity contribution >= 4 is 24.0 Å². The van der Waals surface area contributed by atoms with E-state index in [1.54, 1.807) is 0 Å². The molecule has 0 saturated carbocycles. The van der Waals surface area contributed by atoms with Crippen molar-refractivity contribution < 1.29 is 14.3 Å². The number of hydrogen-bond donors (Lipinski definition) is 2. The largest absolute Gasteiger partial charge is 0.492 e. The van der Waals surface area contributed by atoms with Crippen LogP contribution in [-0.4, -0.2) is 31.8 Å². The Balaban J connectivity index is 0.00000242. The number of anilines is 1. The van der Waals surface area contributed by atoms with E-state index in [2.05, 4.69) is 5.32 Å². The average Bonchev–Trinajstić information content (AvgIpc) is 2.53. The summed E-state index contributed by atoms with van der Waals surface area (Å²) in [5, 5.41) is 2.89. The molecule has 0 bridgehead atoms. The van der Waals surface area contributed by atoms with Gasteiger partial charge < -0.3 is 20.5 Å². The summed E-state index contributed by atoms with van der Waals surface area (Å²) in [6.45, 7) is 1.81. The first-order valence-electron chi connectivity index (χ1n) is 7.62. The second-order valence-electron chi connectivity index (χ2n) is 5.24. The summed E-state index contributed by atoms with van der Waals surface area (Å²) in [6, 6.07) is 7.33. The van der Waals surface area contributed by atoms with Crippen LogP contribution in [0, 0.1) is 0 Å². The Kier molecular flexibility index (Phi) is 8.89. The number of carbonyl (C=O) groups is 1. The molecule has 0 aromatic heterocycles. The molecule has 1 amide bonds. The molecule has 0 radical (unpaired) electrons. The summed E-state index contributed by atoms with van der Waals surface area (Å²) in [4.78, 5) is 11.9. The molecular formula is C16H25ClN2O3. The minimum absolute atomic E-state index is 0. The van der Waals surface area contributed by atoms with E-state index in [9.17, 15) is 4.79 Å². The van der Waals surface area contributed by atoms with E-state index < -0.39 is 0 Å². The Morgan fingerprint density at radius 2 is 2.09 bits per heavy atom. The van der Waals surface area contributed by atoms with Crippen LogP contribution in [0.15, 0.2) is 24.3 Å². The number of hydrogen-bond acceptors (Lipinski definition) is 4. The quantitative estimate of drug-likeness (QED) is 0.807. The molecule has 5 nitrogen and oxygen atoms in total. The van der Waals surface area contributed by atoms with E-state index in [0.717, 1.165) is 37.3 Å². The van der Waals surface area contributed by atoms with Crippen molar-refractivity contribution in [2.24, 2.45) is 5.73 Å². The molecule has 0 aliphatic carbocycles. The Hall–Kier alpha value is -1.30. The van der Waals surface area contributed by atoms with Gasteiger partial charge in [-0.15, -0.1) is 12.4 Å². The third-order valence-corrected chi connectivity index (χ3v) is 3.49. The van der Waals surface area contributed by atoms with Gasteiger partial charge in [0.1, 0.15) is 12.4 Å². The number of ether oxygens (including phenoxy) is 2. The molecule has 3 N–H and O–H groups in total. The molecule has 1 heterocycles. The van der Waals surface area contributed by atoms with Crippen LogP contribution in [-0.2, 0) is 9.53 Å². The van der Waals surface area contributed by atoms with Gasteiger partial charge >= 0.3 is 0 Å². The number of carbonyl (C=O) groups excluding carboxylic acids is 1. The summed E-state index contributed by atoms with van der Waals surface area (Å²) in [6.07, 6.45) is 4.95. The Bertz CT molecular complexity index is 434. The van der Waals surface area contributed by atoms with Gasteiger partial charge in [-0.25, -0.2) is 0 Å². The number of rotatable bonds is 7. The zero-order chi connectivity index (χ0) is 14.9. The summed E-state index contributed by atoms with van der Waals surface area (Å²) in [7, 11) is 0. The predicted molar refractivity (Wildman–Crippen MR) is 89.7 cm³/mol. The van der Waals surface area contributed by atoms with Gasteiger partial charge in [0.25, 0.3) is 0 Å². The van der Waals surface area contributed by atoms with Crippen LogP contribution in [0.1, 0.15) is 32.1 Å². The summed E-state index contributed by atoms with van der Waals surface area (Å²) >= 11 is 0. The third kappa shape index (κ3) is 6.64. The summed E-state index contributed by atoms with van der Waals surface area (Å²) in [5.74, 6) is 0.786. The van der Waals surface area contributed by atoms with Crippen molar-refractivity contribution in [1.82, 2.24) is 0 Å². The second-order valence-corrected chi connectivity index (χ2v) is 5.24. The highest BCUT2D eigenvalue weighted by atomic mass is 35.5. The molecule has 124 valence electrons. The van der Waals surface area contributed by atoms with Crippen molar-refractivity contribution in [1.29, 1.82) is 0 Å². The third-order valence-electron chi connectivity index (χ3n) is 3.49. The van der Waals surface area contributed by atoms with Crippen molar-refractivity contribution in [2.75, 3.05) is 25.1 Å². The molecule has 1 saturated heterocycles. The van der Waals surface area contributed by atoms with E-state index in [1.165, 1.54) is 6.42 Å². The first-order valence-corrected chi connectivity index (χ1v) is 7.62. The maximum absolute atomic E-state index is 11.9. The standard InChI is InChI=1S/C16H24N2O3.ClH/c17-10-12-21-15-6-4-13(5-7-15)18-16(19)9-8-14-3-1-2-11-20-14;/h4-7,14H,1-3,8-12,17H2,(H,18,19);1H. The molecule has 2 rings (SSSR count). The van der Waals surface area contributed by atoms with E-state index in [1.807, 2.05) is 24.3 Å². The smallest absolute Gasteiger partial charge is 0.224 e. The van der Waals surface area contributed by atoms with Crippen molar-refractivity contribution in [2.45, 2.75) is 38.2 Å². The molecule has 1 atom stereocenters. The Morgan fingerprint density at radius 1 is 1.32 bits per heavy atom. The predicted octanol–water partition coefficient (Wildman–Crippen LogP) is 2.73. The lowest BCUT2D eigenvalue weighted by Gasteiger charge is -2.22. The summed E-state index contributed by atoms with van der Waals surface area (Å²) in [5.41, 5.74) is 6.16. The lowest BCUT2D eigenvalue weighted by Crippen LogP contribution is -2.21. The van der Waals surface area contributed by atoms with Crippen LogP contribution in [0.3, 0.4) is 0 Å². The van der Waals surface area contributed by atoms with E-state index >= 15 is 0 Å². The van der Waals surface area contributed by atoms with Crippen LogP contribution >= 0.6 is 12.4 Å². The zero-order valence-corrected chi connectivity index (χ0v) is 13.6. The summed E-state index contributed by atoms with van der Waals surface area (Å²) < 4.78 is 11.0. The molecule has 0 spiro atoms. The van der Waals surface area contributed by atoms with Crippen molar-refractivity contribution in [3.8, 4) is 5.75 Å². The maximum atomic E-state index is 11.9. The molecule has 1 aliphatic heterocycles. The normalized spacial score (nSPS) is 17.4. The van der Waals surface area contributed by atoms with Crippen LogP contribution in [0.2, 0.25) is 0 Å². The molecular weight excluding hydrogens is 304 g/mol. The zero-order valence-electron chi connectivity index (χ0n) is 12.8. The lowest BCUT2D eigenvalue weighted by atomic mass is 10.0. The number of amides is 1. The van der Waals surface area contributed by atoms with E-state index in [0.29, 0.717) is 19.6 Å². The number of halogens is 1. The monoisotopic (exact) mass is 328 g/mol. The van der Waals surface area contributed by atoms with Crippen molar-refractivity contribution in [3.05, 3.63) is 24.3 Å². The van der Waals surface area contributed by atoms with Gasteiger partial charge in [-0.1, -0.05) is 0 Å². The lowest BCUT2D eigenvalue weighted by molar-refractivity contribution is -0.117. The van der Waals surface area contributed by atoms with Gasteiger partial charge in [0.05, 0.1) is 6.10 Å². The van der Waals surface area contributed by atoms with Gasteiger partial charge in [0, 0.05) is 25.3 Å². The van der Waals surface area contributed by atoms with Gasteiger partial charge in [-0.3, -0.25) is 4.79 Å². The highest BCUT2D eigenvalue weighted by molar-refractivity contribution is 5.90. The first kappa shape index (κ1) is 18.7. The molecule has 1 aromatic rings. The molecule has 1 aliphatic rings. The minimum Gasteiger partial charge on any atom is -0.492 e. The van der Waals surface area contributed by atoms with Gasteiger partial charge in [0.15, 0.2) is 0 Å². The van der Waals surface area contributed by atoms with Gasteiger partial charge in [-0.2, -0.15) is 0 Å². The number of nitrogens with two attached hydrogens (primary N) is 1. The molecule has 6 heteroatoms. The van der Waals surface area contributed by atoms with Gasteiger partial charge in [-0.05, 0) is 49.9 Å². The van der Waals surface area contributed by atoms with Crippen LogP contribution in [0.4, 0.5) is 5.69 Å². The average molecular weight is 329 g/mol. The highest BCUT2D eigenvalue weighted by Crippen LogP contribution is 2.18. The number of benzene rings is 1. The number of nitrogens with one attached hydrogen (secondary N) is 1. The first-order chi connectivity index (χ1) is 10.3. The highest BCUT2D eigenvalue weighted by Gasteiger charge is 2.15. The maximum Gasteiger partial charge on any atom is 0.224 e. The molecule has 1 aromatic carbocycles. The van der Waals surface area contributed by atoms with E-state index in [4.69, 9.17) is 15.2 Å².